The molecule has 7 heteroatoms. The zero-order chi connectivity index (χ0) is 17.9. The smallest absolute Gasteiger partial charge is 0.306 e. The molecule has 1 N–H and O–H groups in total. The third-order valence-corrected chi connectivity index (χ3v) is 4.00. The molecule has 0 atom stereocenters. The lowest BCUT2D eigenvalue weighted by Gasteiger charge is -2.26. The molecule has 0 amide bonds. The first-order chi connectivity index (χ1) is 11.3. The van der Waals surface area contributed by atoms with Crippen LogP contribution >= 0.6 is 0 Å². The minimum absolute atomic E-state index is 0.0124. The minimum atomic E-state index is -0.533. The number of esters is 1. The number of aliphatic hydroxyl groups excluding tert-OH is 1. The zero-order valence-electron chi connectivity index (χ0n) is 14.1. The van der Waals surface area contributed by atoms with Crippen LogP contribution in [-0.2, 0) is 21.5 Å². The summed E-state index contributed by atoms with van der Waals surface area (Å²) in [6, 6.07) is 6.47. The number of nitrogens with zero attached hydrogens (tertiary/aromatic N) is 2. The van der Waals surface area contributed by atoms with E-state index in [0.717, 1.165) is 11.2 Å². The fraction of sp³-hybridized carbons (Fsp3) is 0.471. The van der Waals surface area contributed by atoms with E-state index in [1.807, 2.05) is 24.5 Å². The van der Waals surface area contributed by atoms with Crippen molar-refractivity contribution in [3.63, 3.8) is 0 Å². The van der Waals surface area contributed by atoms with Gasteiger partial charge in [-0.15, -0.1) is 0 Å². The van der Waals surface area contributed by atoms with Crippen molar-refractivity contribution < 1.29 is 19.6 Å². The Kier molecular flexibility index (Phi) is 5.23. The van der Waals surface area contributed by atoms with Crippen molar-refractivity contribution in [3.8, 4) is 0 Å². The number of ether oxygens (including phenoxy) is 1. The summed E-state index contributed by atoms with van der Waals surface area (Å²) in [5.41, 5.74) is 1.11. The Hall–Kier alpha value is -2.41. The van der Waals surface area contributed by atoms with E-state index in [9.17, 15) is 20.0 Å². The van der Waals surface area contributed by atoms with E-state index in [2.05, 4.69) is 0 Å². The van der Waals surface area contributed by atoms with Crippen LogP contribution in [-0.4, -0.2) is 33.8 Å². The fourth-order valence-corrected chi connectivity index (χ4v) is 2.94. The number of carbonyl (C=O) groups excluding carboxylic acids is 1. The van der Waals surface area contributed by atoms with Gasteiger partial charge in [-0.3, -0.25) is 14.9 Å². The second-order valence-electron chi connectivity index (χ2n) is 6.27. The van der Waals surface area contributed by atoms with Crippen molar-refractivity contribution >= 4 is 22.6 Å². The maximum atomic E-state index is 11.9. The number of aliphatic hydroxyl groups is 1. The van der Waals surface area contributed by atoms with E-state index in [4.69, 9.17) is 4.74 Å². The molecule has 0 bridgehead atoms. The van der Waals surface area contributed by atoms with Crippen LogP contribution in [0.1, 0.15) is 32.9 Å². The van der Waals surface area contributed by atoms with Gasteiger partial charge >= 0.3 is 5.97 Å². The maximum Gasteiger partial charge on any atom is 0.306 e. The first kappa shape index (κ1) is 17.9. The molecular weight excluding hydrogens is 312 g/mol. The third-order valence-electron chi connectivity index (χ3n) is 4.00. The van der Waals surface area contributed by atoms with Crippen molar-refractivity contribution in [3.05, 3.63) is 40.1 Å². The van der Waals surface area contributed by atoms with Crippen molar-refractivity contribution in [1.29, 1.82) is 0 Å². The first-order valence-electron chi connectivity index (χ1n) is 7.84. The number of non-ortho nitro benzene ring substituents is 1. The predicted molar refractivity (Wildman–Crippen MR) is 90.0 cm³/mol. The number of hydrogen-bond acceptors (Lipinski definition) is 5. The van der Waals surface area contributed by atoms with Crippen LogP contribution in [0, 0.1) is 10.1 Å². The molecule has 0 saturated heterocycles. The van der Waals surface area contributed by atoms with Gasteiger partial charge in [0, 0.05) is 40.7 Å². The van der Waals surface area contributed by atoms with Gasteiger partial charge in [0.15, 0.2) is 0 Å². The van der Waals surface area contributed by atoms with Crippen LogP contribution in [0.4, 0.5) is 5.69 Å². The quantitative estimate of drug-likeness (QED) is 0.477. The van der Waals surface area contributed by atoms with Gasteiger partial charge in [-0.05, 0) is 19.1 Å². The predicted octanol–water partition coefficient (Wildman–Crippen LogP) is 2.77. The van der Waals surface area contributed by atoms with E-state index in [0.29, 0.717) is 18.5 Å². The van der Waals surface area contributed by atoms with Gasteiger partial charge in [0.25, 0.3) is 5.69 Å². The highest BCUT2D eigenvalue weighted by Gasteiger charge is 2.29. The Bertz CT molecular complexity index is 764. The number of aromatic nitrogens is 1. The summed E-state index contributed by atoms with van der Waals surface area (Å²) in [6.45, 7) is 6.19. The van der Waals surface area contributed by atoms with E-state index in [1.54, 1.807) is 13.0 Å². The molecule has 0 aliphatic rings. The topological polar surface area (TPSA) is 94.6 Å². The highest BCUT2D eigenvalue weighted by Crippen LogP contribution is 2.34. The van der Waals surface area contributed by atoms with Crippen LogP contribution in [0.3, 0.4) is 0 Å². The van der Waals surface area contributed by atoms with Crippen molar-refractivity contribution in [1.82, 2.24) is 4.57 Å². The normalized spacial score (nSPS) is 11.7. The van der Waals surface area contributed by atoms with Gasteiger partial charge in [-0.25, -0.2) is 0 Å². The molecule has 24 heavy (non-hydrogen) atoms. The van der Waals surface area contributed by atoms with E-state index < -0.39 is 10.3 Å². The largest absolute Gasteiger partial charge is 0.466 e. The Morgan fingerprint density at radius 2 is 2.08 bits per heavy atom. The number of benzene rings is 1. The average molecular weight is 334 g/mol. The van der Waals surface area contributed by atoms with Crippen molar-refractivity contribution in [2.24, 2.45) is 0 Å². The lowest BCUT2D eigenvalue weighted by atomic mass is 9.85. The summed E-state index contributed by atoms with van der Waals surface area (Å²) in [4.78, 5) is 22.4. The van der Waals surface area contributed by atoms with Gasteiger partial charge in [0.2, 0.25) is 0 Å². The van der Waals surface area contributed by atoms with Gasteiger partial charge in [0.05, 0.1) is 24.6 Å². The number of fused-ring (bicyclic) bond motifs is 1. The van der Waals surface area contributed by atoms with Crippen LogP contribution in [0.15, 0.2) is 24.3 Å². The first-order valence-corrected chi connectivity index (χ1v) is 7.84. The molecule has 1 aromatic heterocycles. The highest BCUT2D eigenvalue weighted by atomic mass is 16.6. The lowest BCUT2D eigenvalue weighted by Crippen LogP contribution is -2.26. The summed E-state index contributed by atoms with van der Waals surface area (Å²) in [6.07, 6.45) is 0.185. The second kappa shape index (κ2) is 7.00. The second-order valence-corrected chi connectivity index (χ2v) is 6.27. The molecule has 0 aliphatic carbocycles. The summed E-state index contributed by atoms with van der Waals surface area (Å²) >= 11 is 0. The molecule has 7 nitrogen and oxygen atoms in total. The molecule has 2 rings (SSSR count). The minimum Gasteiger partial charge on any atom is -0.466 e. The molecule has 1 aromatic carbocycles. The summed E-state index contributed by atoms with van der Waals surface area (Å²) in [5.74, 6) is -0.297. The van der Waals surface area contributed by atoms with Gasteiger partial charge < -0.3 is 14.4 Å². The maximum absolute atomic E-state index is 11.9. The molecule has 2 aromatic rings. The van der Waals surface area contributed by atoms with E-state index >= 15 is 0 Å². The van der Waals surface area contributed by atoms with E-state index in [-0.39, 0.29) is 24.7 Å². The summed E-state index contributed by atoms with van der Waals surface area (Å²) < 4.78 is 6.94. The standard InChI is InChI=1S/C17H22N2O5/c1-4-24-16(21)11-17(2,3)15-10-12-9-13(19(22)23)5-6-14(12)18(15)7-8-20/h5-6,9-10,20H,4,7-8,11H2,1-3H3. The van der Waals surface area contributed by atoms with Crippen molar-refractivity contribution in [2.45, 2.75) is 39.2 Å². The molecule has 0 aliphatic heterocycles. The average Bonchev–Trinajstić information content (AvgIpc) is 2.86. The lowest BCUT2D eigenvalue weighted by molar-refractivity contribution is -0.384. The molecular formula is C17H22N2O5. The van der Waals surface area contributed by atoms with Gasteiger partial charge in [-0.2, -0.15) is 0 Å². The molecule has 0 radical (unpaired) electrons. The van der Waals surface area contributed by atoms with Crippen molar-refractivity contribution in [2.75, 3.05) is 13.2 Å². The van der Waals surface area contributed by atoms with Gasteiger partial charge in [0.1, 0.15) is 0 Å². The van der Waals surface area contributed by atoms with Crippen LogP contribution in [0.2, 0.25) is 0 Å². The zero-order valence-corrected chi connectivity index (χ0v) is 14.1. The molecule has 0 saturated carbocycles. The van der Waals surface area contributed by atoms with E-state index in [1.165, 1.54) is 12.1 Å². The number of carbonyl (C=O) groups is 1. The number of rotatable bonds is 7. The van der Waals surface area contributed by atoms with Crippen LogP contribution in [0.25, 0.3) is 10.9 Å². The van der Waals surface area contributed by atoms with Crippen LogP contribution in [0.5, 0.6) is 0 Å². The van der Waals surface area contributed by atoms with Crippen LogP contribution < -0.4 is 0 Å². The fourth-order valence-electron chi connectivity index (χ4n) is 2.94. The highest BCUT2D eigenvalue weighted by molar-refractivity contribution is 5.84. The monoisotopic (exact) mass is 334 g/mol. The molecule has 0 fully saturated rings. The Morgan fingerprint density at radius 3 is 2.67 bits per heavy atom. The summed E-state index contributed by atoms with van der Waals surface area (Å²) in [5, 5.41) is 21.1. The Labute approximate surface area is 140 Å². The number of nitro benzene ring substituents is 1. The number of nitro groups is 1. The van der Waals surface area contributed by atoms with Gasteiger partial charge in [-0.1, -0.05) is 13.8 Å². The number of hydrogen-bond donors (Lipinski definition) is 1. The molecule has 1 heterocycles. The SMILES string of the molecule is CCOC(=O)CC(C)(C)c1cc2cc([N+](=O)[O-])ccc2n1CCO. The molecule has 0 unspecified atom stereocenters. The Morgan fingerprint density at radius 1 is 1.38 bits per heavy atom. The third kappa shape index (κ3) is 3.56. The summed E-state index contributed by atoms with van der Waals surface area (Å²) in [7, 11) is 0. The molecule has 0 spiro atoms. The molecule has 130 valence electrons. The Balaban J connectivity index is 2.52.